The molecule has 0 saturated heterocycles. The van der Waals surface area contributed by atoms with Crippen molar-refractivity contribution in [2.24, 2.45) is 0 Å². The Hall–Kier alpha value is -2.82. The van der Waals surface area contributed by atoms with Crippen LogP contribution in [0.2, 0.25) is 0 Å². The van der Waals surface area contributed by atoms with Gasteiger partial charge in [0.2, 0.25) is 0 Å². The lowest BCUT2D eigenvalue weighted by Crippen LogP contribution is -2.19. The van der Waals surface area contributed by atoms with E-state index in [0.717, 1.165) is 31.9 Å². The van der Waals surface area contributed by atoms with Crippen molar-refractivity contribution in [3.8, 4) is 0 Å². The summed E-state index contributed by atoms with van der Waals surface area (Å²) in [7, 11) is 0. The largest absolute Gasteiger partial charge is 0.382 e. The van der Waals surface area contributed by atoms with Gasteiger partial charge in [-0.15, -0.1) is 0 Å². The predicted molar refractivity (Wildman–Crippen MR) is 100 cm³/mol. The summed E-state index contributed by atoms with van der Waals surface area (Å²) in [6.45, 7) is 4.98. The van der Waals surface area contributed by atoms with Crippen LogP contribution in [0.1, 0.15) is 24.5 Å². The average Bonchev–Trinajstić information content (AvgIpc) is 3.31. The number of rotatable bonds is 6. The standard InChI is InChI=1S/C20H23N5/c1-16(9-13-25-12-5-11-22-25)23-19-7-4-6-17-14-24(15-18(17)19)20-8-2-3-10-21-20/h2-8,10-12,16,23H,9,13-15H2,1H3/t16-/m1/s1. The van der Waals surface area contributed by atoms with Crippen LogP contribution in [-0.4, -0.2) is 20.8 Å². The fraction of sp³-hybridized carbons (Fsp3) is 0.300. The zero-order valence-corrected chi connectivity index (χ0v) is 14.5. The van der Waals surface area contributed by atoms with Crippen LogP contribution >= 0.6 is 0 Å². The molecule has 25 heavy (non-hydrogen) atoms. The van der Waals surface area contributed by atoms with Gasteiger partial charge in [0.15, 0.2) is 0 Å². The number of pyridine rings is 1. The SMILES string of the molecule is C[C@H](CCn1cccn1)Nc1cccc2c1CN(c1ccccn1)C2. The van der Waals surface area contributed by atoms with Gasteiger partial charge in [0.05, 0.1) is 0 Å². The molecule has 1 atom stereocenters. The number of nitrogens with one attached hydrogen (secondary N) is 1. The van der Waals surface area contributed by atoms with Crippen molar-refractivity contribution in [2.75, 3.05) is 10.2 Å². The first-order valence-corrected chi connectivity index (χ1v) is 8.80. The molecule has 1 aliphatic rings. The van der Waals surface area contributed by atoms with Crippen LogP contribution in [-0.2, 0) is 19.6 Å². The van der Waals surface area contributed by atoms with E-state index in [1.807, 2.05) is 41.5 Å². The van der Waals surface area contributed by atoms with E-state index in [1.165, 1.54) is 16.8 Å². The van der Waals surface area contributed by atoms with Gasteiger partial charge in [-0.2, -0.15) is 5.10 Å². The van der Waals surface area contributed by atoms with Crippen molar-refractivity contribution in [1.29, 1.82) is 0 Å². The number of benzene rings is 1. The molecule has 1 aromatic carbocycles. The molecule has 0 amide bonds. The molecule has 0 bridgehead atoms. The van der Waals surface area contributed by atoms with Crippen molar-refractivity contribution in [3.05, 3.63) is 72.2 Å². The second-order valence-corrected chi connectivity index (χ2v) is 6.59. The van der Waals surface area contributed by atoms with Gasteiger partial charge in [-0.05, 0) is 48.7 Å². The molecule has 0 fully saturated rings. The van der Waals surface area contributed by atoms with E-state index in [4.69, 9.17) is 0 Å². The first-order chi connectivity index (χ1) is 12.3. The Kier molecular flexibility index (Phi) is 4.37. The molecule has 0 unspecified atom stereocenters. The van der Waals surface area contributed by atoms with Gasteiger partial charge in [0.1, 0.15) is 5.82 Å². The van der Waals surface area contributed by atoms with E-state index in [2.05, 4.69) is 51.5 Å². The minimum absolute atomic E-state index is 0.389. The van der Waals surface area contributed by atoms with Crippen molar-refractivity contribution in [1.82, 2.24) is 14.8 Å². The summed E-state index contributed by atoms with van der Waals surface area (Å²) in [6, 6.07) is 15.0. The van der Waals surface area contributed by atoms with Gasteiger partial charge >= 0.3 is 0 Å². The summed E-state index contributed by atoms with van der Waals surface area (Å²) < 4.78 is 1.98. The third-order valence-electron chi connectivity index (χ3n) is 4.71. The smallest absolute Gasteiger partial charge is 0.129 e. The minimum atomic E-state index is 0.389. The number of nitrogens with zero attached hydrogens (tertiary/aromatic N) is 4. The molecular weight excluding hydrogens is 310 g/mol. The number of fused-ring (bicyclic) bond motifs is 1. The molecule has 5 heteroatoms. The lowest BCUT2D eigenvalue weighted by atomic mass is 10.1. The highest BCUT2D eigenvalue weighted by Crippen LogP contribution is 2.32. The van der Waals surface area contributed by atoms with Gasteiger partial charge in [-0.3, -0.25) is 4.68 Å². The highest BCUT2D eigenvalue weighted by molar-refractivity contribution is 5.60. The van der Waals surface area contributed by atoms with Gasteiger partial charge in [-0.25, -0.2) is 4.98 Å². The summed E-state index contributed by atoms with van der Waals surface area (Å²) in [6.07, 6.45) is 6.73. The summed E-state index contributed by atoms with van der Waals surface area (Å²) in [5, 5.41) is 7.96. The highest BCUT2D eigenvalue weighted by Gasteiger charge is 2.22. The molecule has 0 radical (unpaired) electrons. The van der Waals surface area contributed by atoms with Crippen molar-refractivity contribution >= 4 is 11.5 Å². The monoisotopic (exact) mass is 333 g/mol. The number of aryl methyl sites for hydroxylation is 1. The minimum Gasteiger partial charge on any atom is -0.382 e. The Morgan fingerprint density at radius 3 is 2.84 bits per heavy atom. The fourth-order valence-corrected chi connectivity index (χ4v) is 3.36. The zero-order valence-electron chi connectivity index (χ0n) is 14.5. The third kappa shape index (κ3) is 3.50. The van der Waals surface area contributed by atoms with Crippen LogP contribution in [0.3, 0.4) is 0 Å². The molecular formula is C20H23N5. The van der Waals surface area contributed by atoms with Crippen LogP contribution in [0, 0.1) is 0 Å². The van der Waals surface area contributed by atoms with Crippen LogP contribution in [0.4, 0.5) is 11.5 Å². The fourth-order valence-electron chi connectivity index (χ4n) is 3.36. The van der Waals surface area contributed by atoms with Gasteiger partial charge in [0, 0.05) is 50.0 Å². The molecule has 5 nitrogen and oxygen atoms in total. The molecule has 0 aliphatic carbocycles. The Bertz CT molecular complexity index is 813. The molecule has 128 valence electrons. The van der Waals surface area contributed by atoms with Crippen LogP contribution in [0.15, 0.2) is 61.1 Å². The van der Waals surface area contributed by atoms with E-state index in [9.17, 15) is 0 Å². The first kappa shape index (κ1) is 15.7. The summed E-state index contributed by atoms with van der Waals surface area (Å²) in [5.74, 6) is 1.04. The maximum Gasteiger partial charge on any atom is 0.129 e. The molecule has 3 heterocycles. The van der Waals surface area contributed by atoms with E-state index in [-0.39, 0.29) is 0 Å². The maximum atomic E-state index is 4.49. The topological polar surface area (TPSA) is 46.0 Å². The zero-order chi connectivity index (χ0) is 17.1. The normalized spacial score (nSPS) is 14.4. The van der Waals surface area contributed by atoms with E-state index in [1.54, 1.807) is 0 Å². The van der Waals surface area contributed by atoms with E-state index in [0.29, 0.717) is 6.04 Å². The predicted octanol–water partition coefficient (Wildman–Crippen LogP) is 3.69. The van der Waals surface area contributed by atoms with Crippen LogP contribution < -0.4 is 10.2 Å². The second-order valence-electron chi connectivity index (χ2n) is 6.59. The average molecular weight is 333 g/mol. The Labute approximate surface area is 148 Å². The quantitative estimate of drug-likeness (QED) is 0.747. The molecule has 1 N–H and O–H groups in total. The van der Waals surface area contributed by atoms with Crippen LogP contribution in [0.5, 0.6) is 0 Å². The molecule has 2 aromatic heterocycles. The van der Waals surface area contributed by atoms with Crippen molar-refractivity contribution in [3.63, 3.8) is 0 Å². The van der Waals surface area contributed by atoms with Gasteiger partial charge in [-0.1, -0.05) is 18.2 Å². The Morgan fingerprint density at radius 2 is 2.04 bits per heavy atom. The van der Waals surface area contributed by atoms with Crippen molar-refractivity contribution < 1.29 is 0 Å². The number of anilines is 2. The first-order valence-electron chi connectivity index (χ1n) is 8.80. The third-order valence-corrected chi connectivity index (χ3v) is 4.71. The number of aromatic nitrogens is 3. The summed E-state index contributed by atoms with van der Waals surface area (Å²) >= 11 is 0. The molecule has 0 saturated carbocycles. The van der Waals surface area contributed by atoms with Gasteiger partial charge in [0.25, 0.3) is 0 Å². The molecule has 0 spiro atoms. The summed E-state index contributed by atoms with van der Waals surface area (Å²) in [4.78, 5) is 6.81. The van der Waals surface area contributed by atoms with E-state index < -0.39 is 0 Å². The lowest BCUT2D eigenvalue weighted by molar-refractivity contribution is 0.545. The van der Waals surface area contributed by atoms with E-state index >= 15 is 0 Å². The molecule has 4 rings (SSSR count). The molecule has 1 aliphatic heterocycles. The maximum absolute atomic E-state index is 4.49. The Morgan fingerprint density at radius 1 is 1.08 bits per heavy atom. The van der Waals surface area contributed by atoms with Crippen molar-refractivity contribution in [2.45, 2.75) is 39.0 Å². The summed E-state index contributed by atoms with van der Waals surface area (Å²) in [5.41, 5.74) is 4.01. The molecule has 3 aromatic rings. The number of hydrogen-bond donors (Lipinski definition) is 1. The number of hydrogen-bond acceptors (Lipinski definition) is 4. The second kappa shape index (κ2) is 6.97. The highest BCUT2D eigenvalue weighted by atomic mass is 15.3. The Balaban J connectivity index is 1.44. The van der Waals surface area contributed by atoms with Crippen LogP contribution in [0.25, 0.3) is 0 Å². The van der Waals surface area contributed by atoms with Gasteiger partial charge < -0.3 is 10.2 Å². The lowest BCUT2D eigenvalue weighted by Gasteiger charge is -2.19.